The van der Waals surface area contributed by atoms with E-state index in [0.717, 1.165) is 22.4 Å². The van der Waals surface area contributed by atoms with Crippen LogP contribution in [0.4, 0.5) is 19.7 Å². The van der Waals surface area contributed by atoms with E-state index in [1.807, 2.05) is 6.92 Å². The highest BCUT2D eigenvalue weighted by molar-refractivity contribution is 6.06. The third kappa shape index (κ3) is 3.86. The first-order valence-corrected chi connectivity index (χ1v) is 12.0. The Morgan fingerprint density at radius 2 is 1.89 bits per heavy atom. The zero-order valence-electron chi connectivity index (χ0n) is 20.0. The average Bonchev–Trinajstić information content (AvgIpc) is 3.49. The van der Waals surface area contributed by atoms with Crippen molar-refractivity contribution in [1.29, 1.82) is 0 Å². The molecule has 10 heteroatoms. The van der Waals surface area contributed by atoms with Crippen molar-refractivity contribution in [1.82, 2.24) is 15.1 Å². The third-order valence-electron chi connectivity index (χ3n) is 7.35. The smallest absolute Gasteiger partial charge is 0.418 e. The lowest BCUT2D eigenvalue weighted by Gasteiger charge is -2.30. The first-order valence-electron chi connectivity index (χ1n) is 12.0. The van der Waals surface area contributed by atoms with Crippen LogP contribution in [0.2, 0.25) is 0 Å². The fourth-order valence-corrected chi connectivity index (χ4v) is 5.56. The molecular formula is C26H27FN4O5. The summed E-state index contributed by atoms with van der Waals surface area (Å²) in [6, 6.07) is 10.4. The second kappa shape index (κ2) is 8.92. The predicted molar refractivity (Wildman–Crippen MR) is 127 cm³/mol. The molecule has 188 valence electrons. The lowest BCUT2D eigenvalue weighted by atomic mass is 9.94. The van der Waals surface area contributed by atoms with Crippen molar-refractivity contribution in [3.05, 3.63) is 65.0 Å². The van der Waals surface area contributed by atoms with Crippen LogP contribution in [0.25, 0.3) is 0 Å². The van der Waals surface area contributed by atoms with E-state index < -0.39 is 24.1 Å². The van der Waals surface area contributed by atoms with Crippen LogP contribution in [0.5, 0.6) is 0 Å². The predicted octanol–water partition coefficient (Wildman–Crippen LogP) is 3.45. The maximum Gasteiger partial charge on any atom is 0.418 e. The van der Waals surface area contributed by atoms with E-state index in [2.05, 4.69) is 10.6 Å². The molecule has 3 aliphatic rings. The maximum atomic E-state index is 13.5. The number of urea groups is 1. The molecule has 5 amide bonds. The zero-order valence-corrected chi connectivity index (χ0v) is 20.0. The first kappa shape index (κ1) is 23.8. The molecule has 2 aromatic rings. The number of anilines is 1. The fraction of sp³-hybridized carbons (Fsp3) is 0.385. The molecule has 0 saturated carbocycles. The van der Waals surface area contributed by atoms with E-state index in [9.17, 15) is 23.6 Å². The van der Waals surface area contributed by atoms with Crippen molar-refractivity contribution in [2.75, 3.05) is 18.9 Å². The molecule has 2 aliphatic heterocycles. The second-order valence-corrected chi connectivity index (χ2v) is 9.46. The lowest BCUT2D eigenvalue weighted by molar-refractivity contribution is -0.143. The SMILES string of the molecule is CNC(=O)Nc1ccc2c(c1)CC[C@@]21OC(=O)N(CC(=O)N2[C@@H](C)CC[C@H]2c2ccc(F)cc2)C1=O. The van der Waals surface area contributed by atoms with Crippen LogP contribution in [0.1, 0.15) is 48.9 Å². The molecule has 1 spiro atoms. The Morgan fingerprint density at radius 3 is 2.61 bits per heavy atom. The van der Waals surface area contributed by atoms with Crippen LogP contribution in [-0.4, -0.2) is 53.4 Å². The Kier molecular flexibility index (Phi) is 5.89. The quantitative estimate of drug-likeness (QED) is 0.677. The molecular weight excluding hydrogens is 467 g/mol. The molecule has 2 N–H and O–H groups in total. The summed E-state index contributed by atoms with van der Waals surface area (Å²) >= 11 is 0. The summed E-state index contributed by atoms with van der Waals surface area (Å²) in [4.78, 5) is 53.9. The van der Waals surface area contributed by atoms with Crippen molar-refractivity contribution in [3.8, 4) is 0 Å². The molecule has 3 atom stereocenters. The number of carbonyl (C=O) groups excluding carboxylic acids is 4. The van der Waals surface area contributed by atoms with Crippen LogP contribution in [0, 0.1) is 5.82 Å². The van der Waals surface area contributed by atoms with E-state index in [0.29, 0.717) is 24.1 Å². The number of ether oxygens (including phenoxy) is 1. The van der Waals surface area contributed by atoms with Gasteiger partial charge in [0.2, 0.25) is 11.5 Å². The van der Waals surface area contributed by atoms with Gasteiger partial charge in [0.1, 0.15) is 12.4 Å². The molecule has 2 heterocycles. The normalized spacial score (nSPS) is 24.8. The number of rotatable bonds is 4. The van der Waals surface area contributed by atoms with Gasteiger partial charge >= 0.3 is 12.1 Å². The van der Waals surface area contributed by atoms with E-state index >= 15 is 0 Å². The summed E-state index contributed by atoms with van der Waals surface area (Å²) < 4.78 is 19.1. The molecule has 0 unspecified atom stereocenters. The minimum atomic E-state index is -1.47. The van der Waals surface area contributed by atoms with Gasteiger partial charge in [-0.25, -0.2) is 18.9 Å². The van der Waals surface area contributed by atoms with E-state index in [1.165, 1.54) is 19.2 Å². The van der Waals surface area contributed by atoms with Gasteiger partial charge in [0.15, 0.2) is 0 Å². The first-order chi connectivity index (χ1) is 17.2. The summed E-state index contributed by atoms with van der Waals surface area (Å²) in [6.07, 6.45) is 1.37. The number of halogens is 1. The summed E-state index contributed by atoms with van der Waals surface area (Å²) in [5.41, 5.74) is 1.26. The monoisotopic (exact) mass is 494 g/mol. The molecule has 0 aromatic heterocycles. The summed E-state index contributed by atoms with van der Waals surface area (Å²) in [7, 11) is 1.51. The largest absolute Gasteiger partial charge is 0.427 e. The van der Waals surface area contributed by atoms with Crippen molar-refractivity contribution in [3.63, 3.8) is 0 Å². The van der Waals surface area contributed by atoms with Crippen LogP contribution >= 0.6 is 0 Å². The number of nitrogens with zero attached hydrogens (tertiary/aromatic N) is 2. The van der Waals surface area contributed by atoms with Crippen LogP contribution in [0.3, 0.4) is 0 Å². The zero-order chi connectivity index (χ0) is 25.6. The van der Waals surface area contributed by atoms with Gasteiger partial charge in [-0.1, -0.05) is 18.2 Å². The van der Waals surface area contributed by atoms with Gasteiger partial charge in [-0.05, 0) is 61.6 Å². The highest BCUT2D eigenvalue weighted by Crippen LogP contribution is 2.46. The number of nitrogens with one attached hydrogen (secondary N) is 2. The van der Waals surface area contributed by atoms with Crippen LogP contribution in [-0.2, 0) is 26.3 Å². The van der Waals surface area contributed by atoms with E-state index in [-0.39, 0.29) is 36.3 Å². The van der Waals surface area contributed by atoms with Crippen molar-refractivity contribution in [2.24, 2.45) is 0 Å². The minimum Gasteiger partial charge on any atom is -0.427 e. The number of hydrogen-bond acceptors (Lipinski definition) is 5. The van der Waals surface area contributed by atoms with Gasteiger partial charge in [-0.15, -0.1) is 0 Å². The topological polar surface area (TPSA) is 108 Å². The lowest BCUT2D eigenvalue weighted by Crippen LogP contribution is -2.46. The molecule has 0 bridgehead atoms. The molecule has 2 aromatic carbocycles. The number of aryl methyl sites for hydroxylation is 1. The molecule has 1 aliphatic carbocycles. The van der Waals surface area contributed by atoms with Crippen LogP contribution in [0.15, 0.2) is 42.5 Å². The Bertz CT molecular complexity index is 1250. The summed E-state index contributed by atoms with van der Waals surface area (Å²) in [5.74, 6) is -1.27. The molecule has 0 radical (unpaired) electrons. The molecule has 5 rings (SSSR count). The molecule has 2 saturated heterocycles. The number of likely N-dealkylation sites (tertiary alicyclic amines) is 1. The van der Waals surface area contributed by atoms with Crippen molar-refractivity contribution in [2.45, 2.75) is 50.3 Å². The van der Waals surface area contributed by atoms with Gasteiger partial charge in [0, 0.05) is 30.8 Å². The standard InChI is InChI=1S/C26H27FN4O5/c1-15-3-10-21(16-4-6-18(27)7-5-16)31(15)22(32)14-30-23(33)26(36-25(30)35)12-11-17-13-19(8-9-20(17)26)29-24(34)28-2/h4-9,13,15,21H,3,10-12,14H2,1-2H3,(H2,28,29,34)/t15-,21-,26+/m0/s1. The third-order valence-corrected chi connectivity index (χ3v) is 7.35. The second-order valence-electron chi connectivity index (χ2n) is 9.46. The van der Waals surface area contributed by atoms with Gasteiger partial charge in [-0.2, -0.15) is 0 Å². The Morgan fingerprint density at radius 1 is 1.14 bits per heavy atom. The van der Waals surface area contributed by atoms with E-state index in [1.54, 1.807) is 35.2 Å². The van der Waals surface area contributed by atoms with Gasteiger partial charge < -0.3 is 20.3 Å². The molecule has 36 heavy (non-hydrogen) atoms. The van der Waals surface area contributed by atoms with Gasteiger partial charge in [0.25, 0.3) is 5.91 Å². The number of benzene rings is 2. The summed E-state index contributed by atoms with van der Waals surface area (Å²) in [6.45, 7) is 1.50. The number of imide groups is 1. The number of fused-ring (bicyclic) bond motifs is 2. The number of hydrogen-bond donors (Lipinski definition) is 2. The van der Waals surface area contributed by atoms with Crippen LogP contribution < -0.4 is 10.6 Å². The maximum absolute atomic E-state index is 13.5. The Labute approximate surface area is 207 Å². The Balaban J connectivity index is 1.35. The van der Waals surface area contributed by atoms with Crippen molar-refractivity contribution < 1.29 is 28.3 Å². The Hall–Kier alpha value is -3.95. The molecule has 2 fully saturated rings. The van der Waals surface area contributed by atoms with Gasteiger partial charge in [-0.3, -0.25) is 9.59 Å². The average molecular weight is 495 g/mol. The highest BCUT2D eigenvalue weighted by Gasteiger charge is 2.58. The molecule has 9 nitrogen and oxygen atoms in total. The minimum absolute atomic E-state index is 0.0892. The van der Waals surface area contributed by atoms with Gasteiger partial charge in [0.05, 0.1) is 6.04 Å². The number of carbonyl (C=O) groups is 4. The van der Waals surface area contributed by atoms with Crippen molar-refractivity contribution >= 4 is 29.6 Å². The fourth-order valence-electron chi connectivity index (χ4n) is 5.56. The number of amides is 5. The van der Waals surface area contributed by atoms with E-state index in [4.69, 9.17) is 4.74 Å². The summed E-state index contributed by atoms with van der Waals surface area (Å²) in [5, 5.41) is 5.16. The highest BCUT2D eigenvalue weighted by atomic mass is 19.1.